The van der Waals surface area contributed by atoms with Gasteiger partial charge in [-0.25, -0.2) is 4.79 Å². The molecular weight excluding hydrogens is 396 g/mol. The van der Waals surface area contributed by atoms with Gasteiger partial charge in [0.2, 0.25) is 5.91 Å². The summed E-state index contributed by atoms with van der Waals surface area (Å²) in [5.74, 6) is -0.745. The van der Waals surface area contributed by atoms with E-state index in [4.69, 9.17) is 27.3 Å². The van der Waals surface area contributed by atoms with Crippen LogP contribution in [0, 0.1) is 5.41 Å². The molecule has 0 heterocycles. The largest absolute Gasteiger partial charge is 0.423 e. The number of ether oxygens (including phenoxy) is 1. The molecule has 0 bridgehead atoms. The monoisotopic (exact) mass is 418 g/mol. The number of primary amides is 1. The summed E-state index contributed by atoms with van der Waals surface area (Å²) in [7, 11) is 1.56. The minimum Gasteiger partial charge on any atom is -0.423 e. The predicted octanol–water partition coefficient (Wildman–Crippen LogP) is 1.73. The number of nitrogens with two attached hydrogens (primary N) is 3. The minimum atomic E-state index is -0.589. The minimum absolute atomic E-state index is 0.0706. The number of nitrogens with zero attached hydrogens (tertiary/aromatic N) is 1. The molecule has 0 radical (unpaired) electrons. The number of anilines is 1. The number of hydrogen-bond acceptors (Lipinski definition) is 5. The van der Waals surface area contributed by atoms with Crippen molar-refractivity contribution in [2.45, 2.75) is 6.42 Å². The summed E-state index contributed by atoms with van der Waals surface area (Å²) in [4.78, 5) is 28.1. The Morgan fingerprint density at radius 2 is 1.68 bits per heavy atom. The smallest absolute Gasteiger partial charge is 0.343 e. The average molecular weight is 418 g/mol. The van der Waals surface area contributed by atoms with Gasteiger partial charge in [-0.2, -0.15) is 0 Å². The van der Waals surface area contributed by atoms with Crippen molar-refractivity contribution in [2.75, 3.05) is 12.4 Å². The Morgan fingerprint density at radius 1 is 1.00 bits per heavy atom. The van der Waals surface area contributed by atoms with Crippen molar-refractivity contribution < 1.29 is 14.3 Å². The van der Waals surface area contributed by atoms with Crippen LogP contribution in [0.1, 0.15) is 21.5 Å². The molecular formula is C22H22N6O3. The first-order chi connectivity index (χ1) is 14.8. The van der Waals surface area contributed by atoms with Crippen LogP contribution in [0.4, 0.5) is 5.69 Å². The van der Waals surface area contributed by atoms with E-state index in [9.17, 15) is 9.59 Å². The fourth-order valence-corrected chi connectivity index (χ4v) is 3.05. The molecule has 0 aliphatic rings. The van der Waals surface area contributed by atoms with E-state index in [0.717, 1.165) is 5.39 Å². The third-order valence-corrected chi connectivity index (χ3v) is 4.59. The summed E-state index contributed by atoms with van der Waals surface area (Å²) in [5, 5.41) is 11.9. The normalized spacial score (nSPS) is 11.2. The van der Waals surface area contributed by atoms with Gasteiger partial charge in [-0.1, -0.05) is 18.2 Å². The van der Waals surface area contributed by atoms with E-state index >= 15 is 0 Å². The van der Waals surface area contributed by atoms with Gasteiger partial charge in [0.05, 0.1) is 12.0 Å². The van der Waals surface area contributed by atoms with Crippen LogP contribution < -0.4 is 27.3 Å². The van der Waals surface area contributed by atoms with Crippen LogP contribution in [0.5, 0.6) is 5.75 Å². The van der Waals surface area contributed by atoms with Gasteiger partial charge >= 0.3 is 5.97 Å². The summed E-state index contributed by atoms with van der Waals surface area (Å²) >= 11 is 0. The molecule has 0 spiro atoms. The number of nitrogens with one attached hydrogen (secondary N) is 2. The molecule has 9 nitrogen and oxygen atoms in total. The van der Waals surface area contributed by atoms with E-state index < -0.39 is 11.9 Å². The number of carbonyl (C=O) groups is 2. The first-order valence-electron chi connectivity index (χ1n) is 9.28. The third-order valence-electron chi connectivity index (χ3n) is 4.59. The lowest BCUT2D eigenvalue weighted by molar-refractivity contribution is -0.117. The number of nitrogen functional groups attached to an aromatic ring is 1. The number of amides is 1. The molecule has 3 aromatic rings. The van der Waals surface area contributed by atoms with E-state index in [0.29, 0.717) is 27.8 Å². The van der Waals surface area contributed by atoms with Crippen molar-refractivity contribution in [2.24, 2.45) is 22.2 Å². The molecule has 1 amide bonds. The summed E-state index contributed by atoms with van der Waals surface area (Å²) in [6.45, 7) is 0. The molecule has 0 saturated carbocycles. The van der Waals surface area contributed by atoms with Crippen molar-refractivity contribution in [3.63, 3.8) is 0 Å². The van der Waals surface area contributed by atoms with Crippen molar-refractivity contribution in [3.8, 4) is 5.75 Å². The lowest BCUT2D eigenvalue weighted by Gasteiger charge is -2.13. The molecule has 8 N–H and O–H groups in total. The quantitative estimate of drug-likeness (QED) is 0.177. The van der Waals surface area contributed by atoms with E-state index in [1.54, 1.807) is 61.6 Å². The Balaban J connectivity index is 1.92. The number of rotatable bonds is 6. The zero-order valence-electron chi connectivity index (χ0n) is 16.8. The molecule has 0 aliphatic carbocycles. The molecule has 3 aromatic carbocycles. The number of hydrogen-bond donors (Lipinski definition) is 5. The van der Waals surface area contributed by atoms with Gasteiger partial charge in [0, 0.05) is 23.9 Å². The van der Waals surface area contributed by atoms with E-state index in [-0.39, 0.29) is 24.0 Å². The van der Waals surface area contributed by atoms with Crippen molar-refractivity contribution in [3.05, 3.63) is 71.3 Å². The number of amidine groups is 1. The van der Waals surface area contributed by atoms with Crippen molar-refractivity contribution in [1.82, 2.24) is 0 Å². The molecule has 0 atom stereocenters. The second-order valence-electron chi connectivity index (χ2n) is 6.74. The maximum Gasteiger partial charge on any atom is 0.343 e. The second kappa shape index (κ2) is 8.95. The fraction of sp³-hybridized carbons (Fsp3) is 0.0909. The van der Waals surface area contributed by atoms with Crippen LogP contribution >= 0.6 is 0 Å². The van der Waals surface area contributed by atoms with Gasteiger partial charge in [0.25, 0.3) is 0 Å². The van der Waals surface area contributed by atoms with Crippen LogP contribution in [0.25, 0.3) is 10.8 Å². The average Bonchev–Trinajstić information content (AvgIpc) is 2.74. The number of guanidine groups is 1. The van der Waals surface area contributed by atoms with Gasteiger partial charge in [-0.15, -0.1) is 0 Å². The highest BCUT2D eigenvalue weighted by Crippen LogP contribution is 2.30. The lowest BCUT2D eigenvalue weighted by Crippen LogP contribution is -2.22. The van der Waals surface area contributed by atoms with Crippen LogP contribution in [0.15, 0.2) is 59.6 Å². The zero-order chi connectivity index (χ0) is 22.5. The number of esters is 1. The predicted molar refractivity (Wildman–Crippen MR) is 120 cm³/mol. The highest BCUT2D eigenvalue weighted by Gasteiger charge is 2.16. The van der Waals surface area contributed by atoms with Crippen LogP contribution in [-0.4, -0.2) is 30.7 Å². The Hall–Kier alpha value is -4.40. The SMILES string of the molecule is CN=C(N)Nc1ccc(C(=O)Oc2ccc3cc(C(=N)N)ccc3c2CC(N)=O)cc1. The number of aliphatic imine (C=N–C) groups is 1. The second-order valence-corrected chi connectivity index (χ2v) is 6.74. The van der Waals surface area contributed by atoms with E-state index in [1.807, 2.05) is 0 Å². The number of carbonyl (C=O) groups excluding carboxylic acids is 2. The Labute approximate surface area is 178 Å². The van der Waals surface area contributed by atoms with Gasteiger partial charge in [0.1, 0.15) is 11.6 Å². The van der Waals surface area contributed by atoms with Crippen molar-refractivity contribution >= 4 is 40.1 Å². The molecule has 31 heavy (non-hydrogen) atoms. The molecule has 3 rings (SSSR count). The molecule has 0 saturated heterocycles. The maximum absolute atomic E-state index is 12.7. The standard InChI is InChI=1S/C22H22N6O3/c1-27-22(26)28-15-6-2-12(3-7-15)21(30)31-18-9-5-13-10-14(20(24)25)4-8-16(13)17(18)11-19(23)29/h2-10H,11H2,1H3,(H2,23,29)(H3,24,25)(H3,26,27,28). The van der Waals surface area contributed by atoms with E-state index in [1.165, 1.54) is 0 Å². The Bertz CT molecular complexity index is 1200. The number of fused-ring (bicyclic) bond motifs is 1. The summed E-state index contributed by atoms with van der Waals surface area (Å²) in [6.07, 6.45) is -0.113. The molecule has 0 aromatic heterocycles. The third kappa shape index (κ3) is 4.96. The van der Waals surface area contributed by atoms with E-state index in [2.05, 4.69) is 10.3 Å². The Morgan fingerprint density at radius 3 is 2.29 bits per heavy atom. The van der Waals surface area contributed by atoms with Crippen LogP contribution in [0.3, 0.4) is 0 Å². The van der Waals surface area contributed by atoms with Crippen molar-refractivity contribution in [1.29, 1.82) is 5.41 Å². The first kappa shape index (κ1) is 21.3. The lowest BCUT2D eigenvalue weighted by atomic mass is 9.98. The summed E-state index contributed by atoms with van der Waals surface area (Å²) in [5.41, 5.74) is 18.6. The highest BCUT2D eigenvalue weighted by molar-refractivity contribution is 6.01. The Kier molecular flexibility index (Phi) is 6.15. The maximum atomic E-state index is 12.7. The van der Waals surface area contributed by atoms with Gasteiger partial charge in [-0.3, -0.25) is 15.2 Å². The summed E-state index contributed by atoms with van der Waals surface area (Å²) in [6, 6.07) is 14.9. The van der Waals surface area contributed by atoms with Gasteiger partial charge < -0.3 is 27.3 Å². The molecule has 0 fully saturated rings. The van der Waals surface area contributed by atoms with Crippen LogP contribution in [-0.2, 0) is 11.2 Å². The fourth-order valence-electron chi connectivity index (χ4n) is 3.05. The molecule has 0 unspecified atom stereocenters. The molecule has 0 aliphatic heterocycles. The number of benzene rings is 3. The van der Waals surface area contributed by atoms with Crippen LogP contribution in [0.2, 0.25) is 0 Å². The van der Waals surface area contributed by atoms with Gasteiger partial charge in [-0.05, 0) is 47.2 Å². The topological polar surface area (TPSA) is 170 Å². The molecule has 158 valence electrons. The summed E-state index contributed by atoms with van der Waals surface area (Å²) < 4.78 is 5.58. The highest BCUT2D eigenvalue weighted by atomic mass is 16.5. The zero-order valence-corrected chi connectivity index (χ0v) is 16.8. The van der Waals surface area contributed by atoms with Gasteiger partial charge in [0.15, 0.2) is 5.96 Å². The molecule has 9 heteroatoms. The first-order valence-corrected chi connectivity index (χ1v) is 9.28.